The summed E-state index contributed by atoms with van der Waals surface area (Å²) >= 11 is 0. The molecule has 1 rings (SSSR count). The van der Waals surface area contributed by atoms with E-state index in [0.717, 1.165) is 0 Å². The van der Waals surface area contributed by atoms with Crippen LogP contribution in [0.15, 0.2) is 35.9 Å². The van der Waals surface area contributed by atoms with Crippen LogP contribution in [0.2, 0.25) is 0 Å². The molecule has 0 unspecified atom stereocenters. The summed E-state index contributed by atoms with van der Waals surface area (Å²) in [7, 11) is 0. The Balaban J connectivity index is 3.06. The van der Waals surface area contributed by atoms with Crippen molar-refractivity contribution in [2.45, 2.75) is 0 Å². The summed E-state index contributed by atoms with van der Waals surface area (Å²) in [6.45, 7) is 0. The zero-order valence-electron chi connectivity index (χ0n) is 7.40. The molecule has 0 fully saturated rings. The molecule has 0 radical (unpaired) electrons. The van der Waals surface area contributed by atoms with Gasteiger partial charge in [-0.25, -0.2) is 4.79 Å². The van der Waals surface area contributed by atoms with Gasteiger partial charge in [0, 0.05) is 0 Å². The predicted molar refractivity (Wildman–Crippen MR) is 54.0 cm³/mol. The van der Waals surface area contributed by atoms with Gasteiger partial charge in [0.2, 0.25) is 0 Å². The summed E-state index contributed by atoms with van der Waals surface area (Å²) in [4.78, 5) is 10.7. The minimum absolute atomic E-state index is 0.198. The number of amidine groups is 1. The summed E-state index contributed by atoms with van der Waals surface area (Å²) in [6, 6.07) is 8.88. The third kappa shape index (κ3) is 2.45. The van der Waals surface area contributed by atoms with Crippen molar-refractivity contribution >= 4 is 17.9 Å². The van der Waals surface area contributed by atoms with Crippen molar-refractivity contribution in [2.75, 3.05) is 0 Å². The van der Waals surface area contributed by atoms with Crippen molar-refractivity contribution in [2.24, 2.45) is 5.73 Å². The highest BCUT2D eigenvalue weighted by Crippen LogP contribution is 2.06. The van der Waals surface area contributed by atoms with Gasteiger partial charge in [-0.15, -0.1) is 0 Å². The number of aliphatic carboxylic acids is 1. The van der Waals surface area contributed by atoms with Gasteiger partial charge in [0.25, 0.3) is 0 Å². The number of nitrogens with one attached hydrogen (secondary N) is 1. The Hall–Kier alpha value is -2.10. The van der Waals surface area contributed by atoms with Crippen LogP contribution in [0, 0.1) is 5.41 Å². The summed E-state index contributed by atoms with van der Waals surface area (Å²) in [6.07, 6.45) is 1.37. The van der Waals surface area contributed by atoms with E-state index in [4.69, 9.17) is 16.2 Å². The zero-order chi connectivity index (χ0) is 10.6. The number of carboxylic acid groups (broad SMARTS) is 1. The minimum atomic E-state index is -1.19. The number of hydrogen-bond acceptors (Lipinski definition) is 2. The summed E-state index contributed by atoms with van der Waals surface area (Å²) in [5.41, 5.74) is 5.63. The van der Waals surface area contributed by atoms with Crippen LogP contribution in [0.25, 0.3) is 6.08 Å². The first-order chi connectivity index (χ1) is 6.61. The molecule has 0 aromatic heterocycles. The van der Waals surface area contributed by atoms with Crippen LogP contribution >= 0.6 is 0 Å². The average molecular weight is 190 g/mol. The van der Waals surface area contributed by atoms with Gasteiger partial charge >= 0.3 is 5.97 Å². The molecule has 0 saturated carbocycles. The van der Waals surface area contributed by atoms with Crippen molar-refractivity contribution in [3.63, 3.8) is 0 Å². The lowest BCUT2D eigenvalue weighted by Crippen LogP contribution is -2.19. The zero-order valence-corrected chi connectivity index (χ0v) is 7.40. The molecule has 0 saturated heterocycles. The minimum Gasteiger partial charge on any atom is -0.478 e. The maximum atomic E-state index is 10.7. The molecule has 4 nitrogen and oxygen atoms in total. The van der Waals surface area contributed by atoms with Crippen LogP contribution in [0.1, 0.15) is 5.56 Å². The predicted octanol–water partition coefficient (Wildman–Crippen LogP) is 1.09. The third-order valence-electron chi connectivity index (χ3n) is 1.63. The van der Waals surface area contributed by atoms with Crippen molar-refractivity contribution in [1.29, 1.82) is 5.41 Å². The van der Waals surface area contributed by atoms with E-state index in [1.807, 2.05) is 6.07 Å². The molecule has 0 aliphatic carbocycles. The van der Waals surface area contributed by atoms with Crippen molar-refractivity contribution in [3.05, 3.63) is 41.5 Å². The normalized spacial score (nSPS) is 11.0. The molecule has 0 amide bonds. The number of carboxylic acids is 1. The first-order valence-corrected chi connectivity index (χ1v) is 3.95. The number of nitrogens with two attached hydrogens (primary N) is 1. The van der Waals surface area contributed by atoms with Gasteiger partial charge < -0.3 is 10.8 Å². The van der Waals surface area contributed by atoms with E-state index in [2.05, 4.69) is 0 Å². The molecular weight excluding hydrogens is 180 g/mol. The maximum Gasteiger partial charge on any atom is 0.339 e. The summed E-state index contributed by atoms with van der Waals surface area (Å²) < 4.78 is 0. The Kier molecular flexibility index (Phi) is 3.01. The molecule has 0 atom stereocenters. The summed E-state index contributed by atoms with van der Waals surface area (Å²) in [5.74, 6) is -1.64. The SMILES string of the molecule is N=C(N)C(=Cc1ccccc1)C(=O)O. The largest absolute Gasteiger partial charge is 0.478 e. The van der Waals surface area contributed by atoms with Crippen molar-refractivity contribution < 1.29 is 9.90 Å². The Morgan fingerprint density at radius 2 is 1.93 bits per heavy atom. The van der Waals surface area contributed by atoms with Crippen LogP contribution in [0.5, 0.6) is 0 Å². The summed E-state index contributed by atoms with van der Waals surface area (Å²) in [5, 5.41) is 15.8. The first-order valence-electron chi connectivity index (χ1n) is 3.95. The Morgan fingerprint density at radius 1 is 1.36 bits per heavy atom. The topological polar surface area (TPSA) is 87.2 Å². The average Bonchev–Trinajstić information content (AvgIpc) is 2.15. The van der Waals surface area contributed by atoms with E-state index in [1.54, 1.807) is 24.3 Å². The van der Waals surface area contributed by atoms with Crippen LogP contribution in [0.3, 0.4) is 0 Å². The fourth-order valence-electron chi connectivity index (χ4n) is 0.971. The van der Waals surface area contributed by atoms with Crippen molar-refractivity contribution in [1.82, 2.24) is 0 Å². The highest BCUT2D eigenvalue weighted by Gasteiger charge is 2.09. The van der Waals surface area contributed by atoms with Crippen LogP contribution in [-0.4, -0.2) is 16.9 Å². The monoisotopic (exact) mass is 190 g/mol. The highest BCUT2D eigenvalue weighted by molar-refractivity contribution is 6.19. The highest BCUT2D eigenvalue weighted by atomic mass is 16.4. The smallest absolute Gasteiger partial charge is 0.339 e. The fraction of sp³-hybridized carbons (Fsp3) is 0. The number of carbonyl (C=O) groups is 1. The van der Waals surface area contributed by atoms with Gasteiger partial charge in [0.15, 0.2) is 0 Å². The second-order valence-electron chi connectivity index (χ2n) is 2.69. The van der Waals surface area contributed by atoms with Gasteiger partial charge in [-0.2, -0.15) is 0 Å². The fourth-order valence-corrected chi connectivity index (χ4v) is 0.971. The molecule has 0 spiro atoms. The van der Waals surface area contributed by atoms with E-state index >= 15 is 0 Å². The third-order valence-corrected chi connectivity index (χ3v) is 1.63. The van der Waals surface area contributed by atoms with E-state index in [0.29, 0.717) is 5.56 Å². The molecule has 4 N–H and O–H groups in total. The molecule has 1 aromatic carbocycles. The van der Waals surface area contributed by atoms with E-state index in [9.17, 15) is 4.79 Å². The van der Waals surface area contributed by atoms with E-state index < -0.39 is 11.8 Å². The molecule has 0 aliphatic heterocycles. The number of hydrogen-bond donors (Lipinski definition) is 3. The molecule has 0 heterocycles. The molecule has 4 heteroatoms. The van der Waals surface area contributed by atoms with Crippen LogP contribution in [0.4, 0.5) is 0 Å². The maximum absolute atomic E-state index is 10.7. The lowest BCUT2D eigenvalue weighted by atomic mass is 10.1. The van der Waals surface area contributed by atoms with Gasteiger partial charge in [-0.3, -0.25) is 5.41 Å². The van der Waals surface area contributed by atoms with Gasteiger partial charge in [0.05, 0.1) is 0 Å². The van der Waals surface area contributed by atoms with Crippen molar-refractivity contribution in [3.8, 4) is 0 Å². The standard InChI is InChI=1S/C10H10N2O2/c11-9(12)8(10(13)14)6-7-4-2-1-3-5-7/h1-6H,(H3,11,12)(H,13,14). The molecule has 1 aromatic rings. The second-order valence-corrected chi connectivity index (χ2v) is 2.69. The van der Waals surface area contributed by atoms with Gasteiger partial charge in [-0.05, 0) is 11.6 Å². The first kappa shape index (κ1) is 9.98. The molecule has 0 bridgehead atoms. The Labute approximate surface area is 81.2 Å². The Morgan fingerprint density at radius 3 is 2.36 bits per heavy atom. The number of rotatable bonds is 3. The second kappa shape index (κ2) is 4.23. The molecule has 72 valence electrons. The molecule has 0 aliphatic rings. The lowest BCUT2D eigenvalue weighted by molar-refractivity contribution is -0.131. The van der Waals surface area contributed by atoms with E-state index in [-0.39, 0.29) is 5.57 Å². The number of benzene rings is 1. The Bertz CT molecular complexity index is 366. The van der Waals surface area contributed by atoms with E-state index in [1.165, 1.54) is 6.08 Å². The van der Waals surface area contributed by atoms with Crippen LogP contribution < -0.4 is 5.73 Å². The molecule has 14 heavy (non-hydrogen) atoms. The molecular formula is C10H10N2O2. The van der Waals surface area contributed by atoms with Crippen LogP contribution in [-0.2, 0) is 4.79 Å². The van der Waals surface area contributed by atoms with Gasteiger partial charge in [-0.1, -0.05) is 30.3 Å². The van der Waals surface area contributed by atoms with Gasteiger partial charge in [0.1, 0.15) is 11.4 Å². The lowest BCUT2D eigenvalue weighted by Gasteiger charge is -1.98. The quantitative estimate of drug-likeness (QED) is 0.378.